The zero-order valence-electron chi connectivity index (χ0n) is 14.6. The van der Waals surface area contributed by atoms with Gasteiger partial charge in [-0.1, -0.05) is 11.6 Å². The van der Waals surface area contributed by atoms with E-state index < -0.39 is 27.9 Å². The Labute approximate surface area is 168 Å². The predicted octanol–water partition coefficient (Wildman–Crippen LogP) is 4.35. The van der Waals surface area contributed by atoms with Crippen LogP contribution in [0.15, 0.2) is 47.4 Å². The van der Waals surface area contributed by atoms with Gasteiger partial charge in [-0.2, -0.15) is 13.2 Å². The third kappa shape index (κ3) is 4.38. The molecule has 6 nitrogen and oxygen atoms in total. The van der Waals surface area contributed by atoms with E-state index in [0.29, 0.717) is 11.1 Å². The van der Waals surface area contributed by atoms with Crippen molar-refractivity contribution in [2.45, 2.75) is 30.3 Å². The molecule has 0 aliphatic rings. The van der Waals surface area contributed by atoms with Crippen LogP contribution in [0, 0.1) is 0 Å². The molecule has 3 aromatic rings. The molecule has 0 unspecified atom stereocenters. The fourth-order valence-corrected chi connectivity index (χ4v) is 4.55. The highest BCUT2D eigenvalue weighted by molar-refractivity contribution is 7.90. The Morgan fingerprint density at radius 1 is 1.14 bits per heavy atom. The van der Waals surface area contributed by atoms with Gasteiger partial charge in [0.2, 0.25) is 0 Å². The fourth-order valence-electron chi connectivity index (χ4n) is 2.86. The Bertz CT molecular complexity index is 1170. The van der Waals surface area contributed by atoms with Crippen molar-refractivity contribution in [2.24, 2.45) is 0 Å². The lowest BCUT2D eigenvalue weighted by atomic mass is 10.2. The predicted molar refractivity (Wildman–Crippen MR) is 99.3 cm³/mol. The van der Waals surface area contributed by atoms with E-state index >= 15 is 0 Å². The maximum absolute atomic E-state index is 13.2. The molecule has 0 atom stereocenters. The molecule has 0 spiro atoms. The molecule has 0 bridgehead atoms. The maximum Gasteiger partial charge on any atom is 0.433 e. The molecule has 0 aliphatic heterocycles. The number of alkyl halides is 3. The molecular formula is C18H14ClF3N2O4S. The van der Waals surface area contributed by atoms with Crippen molar-refractivity contribution in [3.63, 3.8) is 0 Å². The van der Waals surface area contributed by atoms with E-state index in [-0.39, 0.29) is 40.9 Å². The standard InChI is InChI=1S/C18H14ClF3N2O4S/c19-11-4-6-13(7-5-11)29(27,28)24-12(2-1-3-17(25)26)10-14-15(24)8-9-16(23-14)18(20,21)22/h4-10H,1-3H2,(H,25,26). The quantitative estimate of drug-likeness (QED) is 0.608. The van der Waals surface area contributed by atoms with Crippen LogP contribution >= 0.6 is 11.6 Å². The largest absolute Gasteiger partial charge is 0.481 e. The summed E-state index contributed by atoms with van der Waals surface area (Å²) >= 11 is 5.80. The van der Waals surface area contributed by atoms with Crippen molar-refractivity contribution < 1.29 is 31.5 Å². The van der Waals surface area contributed by atoms with Crippen molar-refractivity contribution in [3.05, 3.63) is 58.9 Å². The first-order valence-electron chi connectivity index (χ1n) is 8.31. The van der Waals surface area contributed by atoms with Crippen molar-refractivity contribution in [1.29, 1.82) is 0 Å². The van der Waals surface area contributed by atoms with Crippen LogP contribution in [0.5, 0.6) is 0 Å². The van der Waals surface area contributed by atoms with Crippen molar-refractivity contribution in [2.75, 3.05) is 0 Å². The molecule has 2 heterocycles. The van der Waals surface area contributed by atoms with Crippen LogP contribution in [0.3, 0.4) is 0 Å². The van der Waals surface area contributed by atoms with Crippen LogP contribution in [-0.4, -0.2) is 28.5 Å². The molecule has 0 saturated carbocycles. The Kier molecular flexibility index (Phi) is 5.59. The number of pyridine rings is 1. The van der Waals surface area contributed by atoms with Gasteiger partial charge < -0.3 is 5.11 Å². The van der Waals surface area contributed by atoms with Crippen LogP contribution in [0.25, 0.3) is 11.0 Å². The molecule has 0 aliphatic carbocycles. The van der Waals surface area contributed by atoms with Gasteiger partial charge in [-0.05, 0) is 55.3 Å². The van der Waals surface area contributed by atoms with Crippen molar-refractivity contribution >= 4 is 38.6 Å². The third-order valence-corrected chi connectivity index (χ3v) is 6.18. The molecule has 1 aromatic carbocycles. The average molecular weight is 447 g/mol. The van der Waals surface area contributed by atoms with Gasteiger partial charge in [0.05, 0.1) is 15.9 Å². The molecule has 0 fully saturated rings. The van der Waals surface area contributed by atoms with Crippen molar-refractivity contribution in [3.8, 4) is 0 Å². The van der Waals surface area contributed by atoms with Gasteiger partial charge in [-0.15, -0.1) is 0 Å². The number of benzene rings is 1. The Hall–Kier alpha value is -2.59. The summed E-state index contributed by atoms with van der Waals surface area (Å²) in [6, 6.07) is 8.30. The van der Waals surface area contributed by atoms with Gasteiger partial charge in [0.25, 0.3) is 10.0 Å². The molecule has 154 valence electrons. The highest BCUT2D eigenvalue weighted by Gasteiger charge is 2.33. The molecular weight excluding hydrogens is 433 g/mol. The summed E-state index contributed by atoms with van der Waals surface area (Å²) in [6.07, 6.45) is -4.77. The van der Waals surface area contributed by atoms with E-state index in [1.54, 1.807) is 0 Å². The number of aromatic nitrogens is 2. The number of nitrogens with zero attached hydrogens (tertiary/aromatic N) is 2. The first kappa shape index (κ1) is 21.1. The van der Waals surface area contributed by atoms with Gasteiger partial charge in [0.15, 0.2) is 0 Å². The molecule has 2 aromatic heterocycles. The van der Waals surface area contributed by atoms with Crippen LogP contribution in [0.1, 0.15) is 24.2 Å². The number of aliphatic carboxylic acids is 1. The molecule has 1 N–H and O–H groups in total. The zero-order valence-corrected chi connectivity index (χ0v) is 16.2. The number of carboxylic acid groups (broad SMARTS) is 1. The monoisotopic (exact) mass is 446 g/mol. The number of carboxylic acids is 1. The van der Waals surface area contributed by atoms with E-state index in [0.717, 1.165) is 10.0 Å². The number of carbonyl (C=O) groups is 1. The average Bonchev–Trinajstić information content (AvgIpc) is 2.99. The lowest BCUT2D eigenvalue weighted by molar-refractivity contribution is -0.141. The molecule has 29 heavy (non-hydrogen) atoms. The summed E-state index contributed by atoms with van der Waals surface area (Å²) in [6.45, 7) is 0. The maximum atomic E-state index is 13.2. The summed E-state index contributed by atoms with van der Waals surface area (Å²) in [7, 11) is -4.18. The number of rotatable bonds is 6. The minimum absolute atomic E-state index is 0.0246. The van der Waals surface area contributed by atoms with E-state index in [2.05, 4.69) is 4.98 Å². The number of halogens is 4. The fraction of sp³-hybridized carbons (Fsp3) is 0.222. The highest BCUT2D eigenvalue weighted by Crippen LogP contribution is 2.32. The van der Waals surface area contributed by atoms with Crippen LogP contribution in [0.4, 0.5) is 13.2 Å². The molecule has 11 heteroatoms. The second-order valence-corrected chi connectivity index (χ2v) is 8.43. The third-order valence-electron chi connectivity index (χ3n) is 4.15. The molecule has 0 saturated heterocycles. The highest BCUT2D eigenvalue weighted by atomic mass is 35.5. The number of aryl methyl sites for hydroxylation is 1. The van der Waals surface area contributed by atoms with E-state index in [9.17, 15) is 26.4 Å². The van der Waals surface area contributed by atoms with E-state index in [4.69, 9.17) is 16.7 Å². The van der Waals surface area contributed by atoms with Crippen molar-refractivity contribution in [1.82, 2.24) is 8.96 Å². The Balaban J connectivity index is 2.18. The molecule has 0 radical (unpaired) electrons. The first-order chi connectivity index (χ1) is 13.5. The summed E-state index contributed by atoms with van der Waals surface area (Å²) in [5.74, 6) is -1.06. The summed E-state index contributed by atoms with van der Waals surface area (Å²) in [4.78, 5) is 14.2. The van der Waals surface area contributed by atoms with Gasteiger partial charge in [-0.25, -0.2) is 17.4 Å². The van der Waals surface area contributed by atoms with Gasteiger partial charge in [0, 0.05) is 17.1 Å². The first-order valence-corrected chi connectivity index (χ1v) is 10.1. The minimum atomic E-state index is -4.69. The lowest BCUT2D eigenvalue weighted by Crippen LogP contribution is -2.16. The Morgan fingerprint density at radius 2 is 1.79 bits per heavy atom. The summed E-state index contributed by atoms with van der Waals surface area (Å²) in [5, 5.41) is 9.13. The normalized spacial score (nSPS) is 12.4. The topological polar surface area (TPSA) is 89.3 Å². The zero-order chi connectivity index (χ0) is 21.4. The van der Waals surface area contributed by atoms with Gasteiger partial charge in [-0.3, -0.25) is 4.79 Å². The summed E-state index contributed by atoms with van der Waals surface area (Å²) < 4.78 is 66.2. The second kappa shape index (κ2) is 7.68. The smallest absolute Gasteiger partial charge is 0.433 e. The van der Waals surface area contributed by atoms with Crippen LogP contribution in [-0.2, 0) is 27.4 Å². The number of fused-ring (bicyclic) bond motifs is 1. The number of hydrogen-bond donors (Lipinski definition) is 1. The molecule has 0 amide bonds. The lowest BCUT2D eigenvalue weighted by Gasteiger charge is -2.12. The van der Waals surface area contributed by atoms with Crippen LogP contribution < -0.4 is 0 Å². The SMILES string of the molecule is O=C(O)CCCc1cc2nc(C(F)(F)F)ccc2n1S(=O)(=O)c1ccc(Cl)cc1. The van der Waals surface area contributed by atoms with E-state index in [1.165, 1.54) is 30.3 Å². The van der Waals surface area contributed by atoms with Crippen LogP contribution in [0.2, 0.25) is 5.02 Å². The van der Waals surface area contributed by atoms with Gasteiger partial charge >= 0.3 is 12.1 Å². The minimum Gasteiger partial charge on any atom is -0.481 e. The second-order valence-electron chi connectivity index (χ2n) is 6.20. The number of hydrogen-bond acceptors (Lipinski definition) is 4. The Morgan fingerprint density at radius 3 is 2.38 bits per heavy atom. The summed E-state index contributed by atoms with van der Waals surface area (Å²) in [5.41, 5.74) is -1.19. The molecule has 3 rings (SSSR count). The van der Waals surface area contributed by atoms with Gasteiger partial charge in [0.1, 0.15) is 5.69 Å². The van der Waals surface area contributed by atoms with E-state index in [1.807, 2.05) is 0 Å².